The number of nitrogens with zero attached hydrogens (tertiary/aromatic N) is 1. The van der Waals surface area contributed by atoms with Gasteiger partial charge in [-0.25, -0.2) is 0 Å². The van der Waals surface area contributed by atoms with Gasteiger partial charge in [-0.05, 0) is 42.5 Å². The Bertz CT molecular complexity index is 1000. The first kappa shape index (κ1) is 17.7. The molecule has 1 heterocycles. The van der Waals surface area contributed by atoms with E-state index >= 15 is 0 Å². The van der Waals surface area contributed by atoms with Crippen molar-refractivity contribution < 1.29 is 14.3 Å². The molecule has 0 saturated heterocycles. The second kappa shape index (κ2) is 7.92. The summed E-state index contributed by atoms with van der Waals surface area (Å²) < 4.78 is 5.93. The third-order valence-corrected chi connectivity index (χ3v) is 4.43. The fourth-order valence-electron chi connectivity index (χ4n) is 3.08. The number of carbonyl (C=O) groups excluding carboxylic acids is 2. The first-order valence-corrected chi connectivity index (χ1v) is 9.02. The zero-order valence-corrected chi connectivity index (χ0v) is 15.1. The Morgan fingerprint density at radius 1 is 0.964 bits per heavy atom. The molecule has 0 spiro atoms. The number of benzene rings is 2. The first-order valence-electron chi connectivity index (χ1n) is 9.02. The Balaban J connectivity index is 1.34. The van der Waals surface area contributed by atoms with Gasteiger partial charge in [-0.1, -0.05) is 18.2 Å². The Kier molecular flexibility index (Phi) is 5.01. The highest BCUT2D eigenvalue weighted by Crippen LogP contribution is 2.31. The standard InChI is InChI=1S/C22H19N3O3/c26-17-12-19-20(13-17)23-11-10-21(19)28-18-8-6-15(7-9-18)24-14-22(27)25-16-4-2-1-3-5-16/h1-11,24H,12-14H2,(H,25,27). The lowest BCUT2D eigenvalue weighted by molar-refractivity contribution is -0.117. The number of amides is 1. The second-order valence-corrected chi connectivity index (χ2v) is 6.52. The van der Waals surface area contributed by atoms with Gasteiger partial charge in [0.2, 0.25) is 5.91 Å². The van der Waals surface area contributed by atoms with Gasteiger partial charge in [-0.3, -0.25) is 14.6 Å². The van der Waals surface area contributed by atoms with Crippen LogP contribution >= 0.6 is 0 Å². The minimum Gasteiger partial charge on any atom is -0.457 e. The zero-order chi connectivity index (χ0) is 19.3. The van der Waals surface area contributed by atoms with Crippen LogP contribution in [0.5, 0.6) is 11.5 Å². The quantitative estimate of drug-likeness (QED) is 0.690. The molecule has 6 heteroatoms. The predicted molar refractivity (Wildman–Crippen MR) is 107 cm³/mol. The molecule has 28 heavy (non-hydrogen) atoms. The topological polar surface area (TPSA) is 80.3 Å². The molecular formula is C22H19N3O3. The van der Waals surface area contributed by atoms with Crippen LogP contribution in [0.3, 0.4) is 0 Å². The van der Waals surface area contributed by atoms with Crippen LogP contribution in [-0.4, -0.2) is 23.2 Å². The summed E-state index contributed by atoms with van der Waals surface area (Å²) in [6, 6.07) is 18.4. The molecular weight excluding hydrogens is 354 g/mol. The van der Waals surface area contributed by atoms with Crippen molar-refractivity contribution in [1.29, 1.82) is 0 Å². The Hall–Kier alpha value is -3.67. The van der Waals surface area contributed by atoms with Crippen LogP contribution in [0.15, 0.2) is 66.9 Å². The number of Topliss-reactive ketones (excluding diaryl/α,β-unsaturated/α-hetero) is 1. The summed E-state index contributed by atoms with van der Waals surface area (Å²) >= 11 is 0. The van der Waals surface area contributed by atoms with Crippen molar-refractivity contribution in [2.45, 2.75) is 12.8 Å². The van der Waals surface area contributed by atoms with E-state index < -0.39 is 0 Å². The second-order valence-electron chi connectivity index (χ2n) is 6.52. The molecule has 2 N–H and O–H groups in total. The molecule has 1 amide bonds. The lowest BCUT2D eigenvalue weighted by Gasteiger charge is -2.11. The van der Waals surface area contributed by atoms with Gasteiger partial charge in [-0.2, -0.15) is 0 Å². The lowest BCUT2D eigenvalue weighted by Crippen LogP contribution is -2.21. The van der Waals surface area contributed by atoms with Crippen LogP contribution in [-0.2, 0) is 22.4 Å². The summed E-state index contributed by atoms with van der Waals surface area (Å²) in [5.41, 5.74) is 3.24. The van der Waals surface area contributed by atoms with Crippen LogP contribution < -0.4 is 15.4 Å². The number of para-hydroxylation sites is 1. The molecule has 2 aromatic carbocycles. The fraction of sp³-hybridized carbons (Fsp3) is 0.136. The van der Waals surface area contributed by atoms with E-state index in [0.29, 0.717) is 24.3 Å². The zero-order valence-electron chi connectivity index (χ0n) is 15.1. The normalized spacial score (nSPS) is 12.4. The van der Waals surface area contributed by atoms with Crippen molar-refractivity contribution in [3.8, 4) is 11.5 Å². The number of nitrogens with one attached hydrogen (secondary N) is 2. The minimum absolute atomic E-state index is 0.122. The van der Waals surface area contributed by atoms with Crippen LogP contribution in [0.25, 0.3) is 0 Å². The van der Waals surface area contributed by atoms with E-state index in [1.54, 1.807) is 12.3 Å². The highest BCUT2D eigenvalue weighted by Gasteiger charge is 2.23. The van der Waals surface area contributed by atoms with Crippen LogP contribution in [0, 0.1) is 0 Å². The number of aromatic nitrogens is 1. The maximum Gasteiger partial charge on any atom is 0.243 e. The third-order valence-electron chi connectivity index (χ3n) is 4.43. The highest BCUT2D eigenvalue weighted by molar-refractivity contribution is 5.93. The van der Waals surface area contributed by atoms with Gasteiger partial charge in [-0.15, -0.1) is 0 Å². The van der Waals surface area contributed by atoms with E-state index in [1.807, 2.05) is 54.6 Å². The predicted octanol–water partition coefficient (Wildman–Crippen LogP) is 3.59. The molecule has 6 nitrogen and oxygen atoms in total. The summed E-state index contributed by atoms with van der Waals surface area (Å²) in [4.78, 5) is 27.9. The number of carbonyl (C=O) groups is 2. The molecule has 0 saturated carbocycles. The van der Waals surface area contributed by atoms with Crippen molar-refractivity contribution in [3.05, 3.63) is 78.1 Å². The summed E-state index contributed by atoms with van der Waals surface area (Å²) in [5.74, 6) is 1.36. The van der Waals surface area contributed by atoms with Crippen molar-refractivity contribution >= 4 is 23.1 Å². The summed E-state index contributed by atoms with van der Waals surface area (Å²) in [6.45, 7) is 0.162. The van der Waals surface area contributed by atoms with E-state index in [2.05, 4.69) is 15.6 Å². The minimum atomic E-state index is -0.122. The third kappa shape index (κ3) is 4.17. The molecule has 1 aliphatic rings. The average molecular weight is 373 g/mol. The van der Waals surface area contributed by atoms with Gasteiger partial charge in [0.25, 0.3) is 0 Å². The Labute approximate surface area is 162 Å². The number of rotatable bonds is 6. The van der Waals surface area contributed by atoms with E-state index in [4.69, 9.17) is 4.74 Å². The SMILES string of the molecule is O=C1Cc2nccc(Oc3ccc(NCC(=O)Nc4ccccc4)cc3)c2C1. The number of hydrogen-bond donors (Lipinski definition) is 2. The first-order chi connectivity index (χ1) is 13.7. The van der Waals surface area contributed by atoms with Crippen molar-refractivity contribution in [2.24, 2.45) is 0 Å². The van der Waals surface area contributed by atoms with Crippen LogP contribution in [0.1, 0.15) is 11.3 Å². The molecule has 0 fully saturated rings. The summed E-state index contributed by atoms with van der Waals surface area (Å²) in [6.07, 6.45) is 2.41. The monoisotopic (exact) mass is 373 g/mol. The van der Waals surface area contributed by atoms with Gasteiger partial charge in [0.15, 0.2) is 0 Å². The number of anilines is 2. The molecule has 1 aliphatic carbocycles. The summed E-state index contributed by atoms with van der Waals surface area (Å²) in [5, 5.41) is 5.91. The maximum absolute atomic E-state index is 12.0. The summed E-state index contributed by atoms with van der Waals surface area (Å²) in [7, 11) is 0. The van der Waals surface area contributed by atoms with Gasteiger partial charge in [0.1, 0.15) is 17.3 Å². The van der Waals surface area contributed by atoms with Crippen molar-refractivity contribution in [3.63, 3.8) is 0 Å². The number of hydrogen-bond acceptors (Lipinski definition) is 5. The van der Waals surface area contributed by atoms with Gasteiger partial charge >= 0.3 is 0 Å². The average Bonchev–Trinajstić information content (AvgIpc) is 3.09. The smallest absolute Gasteiger partial charge is 0.243 e. The van der Waals surface area contributed by atoms with Crippen molar-refractivity contribution in [1.82, 2.24) is 4.98 Å². The van der Waals surface area contributed by atoms with E-state index in [1.165, 1.54) is 0 Å². The van der Waals surface area contributed by atoms with Gasteiger partial charge in [0, 0.05) is 36.0 Å². The maximum atomic E-state index is 12.0. The molecule has 0 bridgehead atoms. The van der Waals surface area contributed by atoms with Gasteiger partial charge < -0.3 is 15.4 Å². The van der Waals surface area contributed by atoms with Crippen LogP contribution in [0.2, 0.25) is 0 Å². The van der Waals surface area contributed by atoms with E-state index in [9.17, 15) is 9.59 Å². The molecule has 0 radical (unpaired) electrons. The van der Waals surface area contributed by atoms with Gasteiger partial charge in [0.05, 0.1) is 12.2 Å². The lowest BCUT2D eigenvalue weighted by atomic mass is 10.2. The fourth-order valence-corrected chi connectivity index (χ4v) is 3.08. The Morgan fingerprint density at radius 3 is 2.54 bits per heavy atom. The van der Waals surface area contributed by atoms with E-state index in [-0.39, 0.29) is 18.2 Å². The van der Waals surface area contributed by atoms with Crippen molar-refractivity contribution in [2.75, 3.05) is 17.2 Å². The molecule has 3 aromatic rings. The van der Waals surface area contributed by atoms with Crippen LogP contribution in [0.4, 0.5) is 11.4 Å². The van der Waals surface area contributed by atoms with E-state index in [0.717, 1.165) is 22.6 Å². The number of ketones is 1. The largest absolute Gasteiger partial charge is 0.457 e. The molecule has 140 valence electrons. The molecule has 0 atom stereocenters. The molecule has 0 aliphatic heterocycles. The number of fused-ring (bicyclic) bond motifs is 1. The number of pyridine rings is 1. The Morgan fingerprint density at radius 2 is 1.75 bits per heavy atom. The number of ether oxygens (including phenoxy) is 1. The highest BCUT2D eigenvalue weighted by atomic mass is 16.5. The molecule has 1 aromatic heterocycles. The molecule has 4 rings (SSSR count). The molecule has 0 unspecified atom stereocenters.